The maximum atomic E-state index is 14.2. The molecule has 3 nitrogen and oxygen atoms in total. The molecule has 0 saturated heterocycles. The number of benzene rings is 1. The van der Waals surface area contributed by atoms with Crippen LogP contribution in [0.3, 0.4) is 0 Å². The summed E-state index contributed by atoms with van der Waals surface area (Å²) in [5.41, 5.74) is 0. The highest BCUT2D eigenvalue weighted by Gasteiger charge is 2.28. The van der Waals surface area contributed by atoms with Crippen LogP contribution < -0.4 is 0 Å². The second-order valence-corrected chi connectivity index (χ2v) is 9.41. The second-order valence-electron chi connectivity index (χ2n) is 5.01. The van der Waals surface area contributed by atoms with Gasteiger partial charge >= 0.3 is 0 Å². The Balaban J connectivity index is 1.99. The SMILES string of the molecule is O=S(=O)(c1ccc(Cl)cc1F)N(Cc1cccs1)Cc1cccs1. The van der Waals surface area contributed by atoms with E-state index in [0.29, 0.717) is 0 Å². The predicted octanol–water partition coefficient (Wildman–Crippen LogP) is 4.99. The maximum absolute atomic E-state index is 14.2. The zero-order valence-corrected chi connectivity index (χ0v) is 15.6. The van der Waals surface area contributed by atoms with Crippen LogP contribution in [0.2, 0.25) is 5.02 Å². The van der Waals surface area contributed by atoms with Crippen LogP contribution in [-0.4, -0.2) is 12.7 Å². The Hall–Kier alpha value is -1.25. The Labute approximate surface area is 153 Å². The van der Waals surface area contributed by atoms with Gasteiger partial charge in [0.1, 0.15) is 10.7 Å². The first-order valence-corrected chi connectivity index (χ1v) is 10.5. The molecule has 24 heavy (non-hydrogen) atoms. The molecule has 3 rings (SSSR count). The lowest BCUT2D eigenvalue weighted by atomic mass is 10.3. The van der Waals surface area contributed by atoms with Gasteiger partial charge in [-0.3, -0.25) is 0 Å². The highest BCUT2D eigenvalue weighted by molar-refractivity contribution is 7.89. The van der Waals surface area contributed by atoms with Crippen LogP contribution in [0.1, 0.15) is 9.75 Å². The summed E-state index contributed by atoms with van der Waals surface area (Å²) >= 11 is 8.66. The molecule has 0 fully saturated rings. The standard InChI is InChI=1S/C16H13ClFNO2S3/c17-12-5-6-16(15(18)9-12)24(20,21)19(10-13-3-1-7-22-13)11-14-4-2-8-23-14/h1-9H,10-11H2. The van der Waals surface area contributed by atoms with Crippen LogP contribution in [-0.2, 0) is 23.1 Å². The zero-order valence-electron chi connectivity index (χ0n) is 12.4. The van der Waals surface area contributed by atoms with E-state index in [1.54, 1.807) is 0 Å². The van der Waals surface area contributed by atoms with E-state index in [4.69, 9.17) is 11.6 Å². The highest BCUT2D eigenvalue weighted by Crippen LogP contribution is 2.27. The molecule has 0 saturated carbocycles. The third-order valence-electron chi connectivity index (χ3n) is 3.34. The van der Waals surface area contributed by atoms with Gasteiger partial charge in [0.05, 0.1) is 0 Å². The molecule has 0 N–H and O–H groups in total. The Bertz CT molecular complexity index is 873. The molecule has 0 atom stereocenters. The van der Waals surface area contributed by atoms with Crippen LogP contribution >= 0.6 is 34.3 Å². The summed E-state index contributed by atoms with van der Waals surface area (Å²) in [7, 11) is -3.99. The quantitative estimate of drug-likeness (QED) is 0.583. The summed E-state index contributed by atoms with van der Waals surface area (Å²) in [6.45, 7) is 0.389. The molecular weight excluding hydrogens is 389 g/mol. The van der Waals surface area contributed by atoms with E-state index in [9.17, 15) is 12.8 Å². The molecule has 3 aromatic rings. The van der Waals surface area contributed by atoms with Crippen molar-refractivity contribution < 1.29 is 12.8 Å². The Kier molecular flexibility index (Phi) is 5.36. The van der Waals surface area contributed by atoms with Crippen LogP contribution in [0.5, 0.6) is 0 Å². The fourth-order valence-corrected chi connectivity index (χ4v) is 5.40. The number of hydrogen-bond acceptors (Lipinski definition) is 4. The molecule has 1 aromatic carbocycles. The van der Waals surface area contributed by atoms with Crippen molar-refractivity contribution in [3.8, 4) is 0 Å². The lowest BCUT2D eigenvalue weighted by Crippen LogP contribution is -2.30. The van der Waals surface area contributed by atoms with Gasteiger partial charge < -0.3 is 0 Å². The molecule has 8 heteroatoms. The van der Waals surface area contributed by atoms with Gasteiger partial charge in [0.2, 0.25) is 10.0 Å². The summed E-state index contributed by atoms with van der Waals surface area (Å²) in [5.74, 6) is -0.843. The minimum absolute atomic E-state index is 0.162. The fourth-order valence-electron chi connectivity index (χ4n) is 2.20. The Morgan fingerprint density at radius 1 is 1.00 bits per heavy atom. The molecule has 0 radical (unpaired) electrons. The average molecular weight is 402 g/mol. The summed E-state index contributed by atoms with van der Waals surface area (Å²) in [6, 6.07) is 11.1. The molecule has 0 bridgehead atoms. The summed E-state index contributed by atoms with van der Waals surface area (Å²) in [6.07, 6.45) is 0. The lowest BCUT2D eigenvalue weighted by molar-refractivity contribution is 0.403. The summed E-state index contributed by atoms with van der Waals surface area (Å²) in [5, 5.41) is 3.93. The first kappa shape index (κ1) is 17.6. The monoisotopic (exact) mass is 401 g/mol. The molecule has 0 unspecified atom stereocenters. The van der Waals surface area contributed by atoms with Gasteiger partial charge in [0, 0.05) is 27.9 Å². The first-order chi connectivity index (χ1) is 11.5. The maximum Gasteiger partial charge on any atom is 0.246 e. The number of nitrogens with zero attached hydrogens (tertiary/aromatic N) is 1. The van der Waals surface area contributed by atoms with Crippen molar-refractivity contribution in [3.63, 3.8) is 0 Å². The second kappa shape index (κ2) is 7.33. The normalized spacial score (nSPS) is 12.0. The number of halogens is 2. The predicted molar refractivity (Wildman–Crippen MR) is 96.5 cm³/mol. The van der Waals surface area contributed by atoms with Crippen LogP contribution in [0.15, 0.2) is 58.1 Å². The fraction of sp³-hybridized carbons (Fsp3) is 0.125. The van der Waals surface area contributed by atoms with Crippen molar-refractivity contribution in [1.29, 1.82) is 0 Å². The lowest BCUT2D eigenvalue weighted by Gasteiger charge is -2.21. The number of thiophene rings is 2. The van der Waals surface area contributed by atoms with Gasteiger partial charge in [-0.1, -0.05) is 23.7 Å². The molecule has 0 amide bonds. The smallest absolute Gasteiger partial charge is 0.207 e. The van der Waals surface area contributed by atoms with Gasteiger partial charge in [0.25, 0.3) is 0 Å². The van der Waals surface area contributed by atoms with Gasteiger partial charge in [-0.25, -0.2) is 12.8 Å². The van der Waals surface area contributed by atoms with E-state index in [1.165, 1.54) is 39.1 Å². The van der Waals surface area contributed by atoms with Crippen molar-refractivity contribution in [1.82, 2.24) is 4.31 Å². The molecule has 0 aliphatic carbocycles. The summed E-state index contributed by atoms with van der Waals surface area (Å²) in [4.78, 5) is 1.43. The zero-order chi connectivity index (χ0) is 17.2. The minimum atomic E-state index is -3.99. The molecule has 0 aliphatic heterocycles. The van der Waals surface area contributed by atoms with Gasteiger partial charge in [-0.05, 0) is 41.1 Å². The number of sulfonamides is 1. The average Bonchev–Trinajstić information content (AvgIpc) is 3.19. The molecule has 0 aliphatic rings. The Morgan fingerprint density at radius 3 is 2.04 bits per heavy atom. The topological polar surface area (TPSA) is 37.4 Å². The van der Waals surface area contributed by atoms with E-state index in [1.807, 2.05) is 35.0 Å². The third kappa shape index (κ3) is 3.87. The van der Waals surface area contributed by atoms with Crippen molar-refractivity contribution >= 4 is 44.3 Å². The van der Waals surface area contributed by atoms with E-state index in [2.05, 4.69) is 0 Å². The molecule has 2 aromatic heterocycles. The molecular formula is C16H13ClFNO2S3. The Morgan fingerprint density at radius 2 is 1.58 bits per heavy atom. The van der Waals surface area contributed by atoms with E-state index in [-0.39, 0.29) is 23.0 Å². The van der Waals surface area contributed by atoms with E-state index >= 15 is 0 Å². The van der Waals surface area contributed by atoms with Crippen molar-refractivity contribution in [2.24, 2.45) is 0 Å². The van der Waals surface area contributed by atoms with E-state index in [0.717, 1.165) is 15.8 Å². The molecule has 2 heterocycles. The van der Waals surface area contributed by atoms with Crippen molar-refractivity contribution in [3.05, 3.63) is 73.8 Å². The number of hydrogen-bond donors (Lipinski definition) is 0. The molecule has 0 spiro atoms. The van der Waals surface area contributed by atoms with Gasteiger partial charge in [-0.2, -0.15) is 4.31 Å². The van der Waals surface area contributed by atoms with Crippen molar-refractivity contribution in [2.45, 2.75) is 18.0 Å². The van der Waals surface area contributed by atoms with Crippen LogP contribution in [0.4, 0.5) is 4.39 Å². The highest BCUT2D eigenvalue weighted by atomic mass is 35.5. The first-order valence-electron chi connectivity index (χ1n) is 6.97. The molecule has 126 valence electrons. The van der Waals surface area contributed by atoms with Crippen LogP contribution in [0, 0.1) is 5.82 Å². The van der Waals surface area contributed by atoms with E-state index < -0.39 is 15.8 Å². The third-order valence-corrected chi connectivity index (χ3v) is 7.12. The van der Waals surface area contributed by atoms with Gasteiger partial charge in [0.15, 0.2) is 0 Å². The minimum Gasteiger partial charge on any atom is -0.207 e. The van der Waals surface area contributed by atoms with Crippen LogP contribution in [0.25, 0.3) is 0 Å². The summed E-state index contributed by atoms with van der Waals surface area (Å²) < 4.78 is 41.4. The van der Waals surface area contributed by atoms with Gasteiger partial charge in [-0.15, -0.1) is 22.7 Å². The number of rotatable bonds is 6. The largest absolute Gasteiger partial charge is 0.246 e. The van der Waals surface area contributed by atoms with Crippen molar-refractivity contribution in [2.75, 3.05) is 0 Å².